The van der Waals surface area contributed by atoms with Crippen molar-refractivity contribution >= 4 is 16.1 Å². The molecule has 1 aromatic carbocycles. The Morgan fingerprint density at radius 1 is 1.50 bits per heavy atom. The molecule has 0 amide bonds. The average Bonchev–Trinajstić information content (AvgIpc) is 2.26. The molecule has 102 valence electrons. The van der Waals surface area contributed by atoms with Gasteiger partial charge in [0.2, 0.25) is 0 Å². The van der Waals surface area contributed by atoms with E-state index >= 15 is 0 Å². The molecule has 0 heterocycles. The Morgan fingerprint density at radius 3 is 2.72 bits per heavy atom. The van der Waals surface area contributed by atoms with Crippen LogP contribution in [0.15, 0.2) is 18.2 Å². The molecule has 0 aliphatic carbocycles. The summed E-state index contributed by atoms with van der Waals surface area (Å²) >= 11 is 0. The summed E-state index contributed by atoms with van der Waals surface area (Å²) in [6, 6.07) is 5.74. The molecule has 0 spiro atoms. The van der Waals surface area contributed by atoms with E-state index in [-0.39, 0.29) is 12.6 Å². The van der Waals surface area contributed by atoms with E-state index in [4.69, 9.17) is 10.3 Å². The molecule has 0 aromatic heterocycles. The average molecular weight is 274 g/mol. The summed E-state index contributed by atoms with van der Waals surface area (Å²) in [5, 5.41) is 3.08. The van der Waals surface area contributed by atoms with Crippen molar-refractivity contribution in [3.05, 3.63) is 29.3 Å². The van der Waals surface area contributed by atoms with Gasteiger partial charge in [-0.3, -0.25) is 4.55 Å². The number of rotatable bonds is 6. The molecule has 0 radical (unpaired) electrons. The maximum Gasteiger partial charge on any atom is 0.397 e. The summed E-state index contributed by atoms with van der Waals surface area (Å²) < 4.78 is 33.2. The number of anilines is 1. The summed E-state index contributed by atoms with van der Waals surface area (Å²) in [5.74, 6) is 0. The second-order valence-electron chi connectivity index (χ2n) is 4.04. The van der Waals surface area contributed by atoms with E-state index in [0.29, 0.717) is 6.54 Å². The third kappa shape index (κ3) is 5.01. The summed E-state index contributed by atoms with van der Waals surface area (Å²) in [6.07, 6.45) is 0. The van der Waals surface area contributed by atoms with Crippen LogP contribution in [0.1, 0.15) is 24.1 Å². The maximum atomic E-state index is 10.3. The van der Waals surface area contributed by atoms with Crippen molar-refractivity contribution in [2.45, 2.75) is 19.9 Å². The van der Waals surface area contributed by atoms with Crippen molar-refractivity contribution in [1.82, 2.24) is 5.32 Å². The lowest BCUT2D eigenvalue weighted by molar-refractivity contribution is 0.264. The lowest BCUT2D eigenvalue weighted by Crippen LogP contribution is -2.24. The number of nitrogens with one attached hydrogen (secondary N) is 1. The molecule has 7 heteroatoms. The van der Waals surface area contributed by atoms with Crippen LogP contribution in [0.2, 0.25) is 0 Å². The number of nitrogens with two attached hydrogens (primary N) is 1. The molecule has 0 saturated carbocycles. The van der Waals surface area contributed by atoms with Crippen LogP contribution < -0.4 is 11.1 Å². The van der Waals surface area contributed by atoms with Crippen LogP contribution in [0.5, 0.6) is 0 Å². The molecule has 0 unspecified atom stereocenters. The van der Waals surface area contributed by atoms with E-state index in [0.717, 1.165) is 16.8 Å². The lowest BCUT2D eigenvalue weighted by atomic mass is 10.0. The molecule has 0 saturated heterocycles. The second-order valence-corrected chi connectivity index (χ2v) is 5.13. The first-order valence-corrected chi connectivity index (χ1v) is 6.87. The zero-order chi connectivity index (χ0) is 13.8. The quantitative estimate of drug-likeness (QED) is 0.407. The number of benzene rings is 1. The highest BCUT2D eigenvalue weighted by Gasteiger charge is 2.07. The molecule has 18 heavy (non-hydrogen) atoms. The van der Waals surface area contributed by atoms with Gasteiger partial charge in [-0.05, 0) is 31.0 Å². The highest BCUT2D eigenvalue weighted by atomic mass is 32.3. The van der Waals surface area contributed by atoms with Crippen molar-refractivity contribution in [3.63, 3.8) is 0 Å². The molecule has 0 bridgehead atoms. The molecular weight excluding hydrogens is 256 g/mol. The van der Waals surface area contributed by atoms with E-state index in [9.17, 15) is 8.42 Å². The first-order valence-electron chi connectivity index (χ1n) is 5.51. The fourth-order valence-electron chi connectivity index (χ4n) is 1.51. The van der Waals surface area contributed by atoms with Crippen LogP contribution >= 0.6 is 0 Å². The van der Waals surface area contributed by atoms with Crippen molar-refractivity contribution in [3.8, 4) is 0 Å². The largest absolute Gasteiger partial charge is 0.399 e. The van der Waals surface area contributed by atoms with Gasteiger partial charge in [0.15, 0.2) is 0 Å². The lowest BCUT2D eigenvalue weighted by Gasteiger charge is -2.15. The van der Waals surface area contributed by atoms with Crippen molar-refractivity contribution in [1.29, 1.82) is 0 Å². The first kappa shape index (κ1) is 14.9. The van der Waals surface area contributed by atoms with Crippen molar-refractivity contribution in [2.24, 2.45) is 0 Å². The number of nitrogen functional groups attached to an aromatic ring is 1. The van der Waals surface area contributed by atoms with Gasteiger partial charge in [0.25, 0.3) is 0 Å². The maximum absolute atomic E-state index is 10.3. The standard InChI is InChI=1S/C11H18N2O4S/c1-8-7-10(3-4-11(8)12)9(2)13-5-6-17-18(14,15)16/h3-4,7,9,13H,5-6,12H2,1-2H3,(H,14,15,16)/t9-/m0/s1. The van der Waals surface area contributed by atoms with Crippen molar-refractivity contribution in [2.75, 3.05) is 18.9 Å². The molecule has 0 fully saturated rings. The first-order chi connectivity index (χ1) is 8.29. The summed E-state index contributed by atoms with van der Waals surface area (Å²) in [6.45, 7) is 4.06. The fourth-order valence-corrected chi connectivity index (χ4v) is 1.80. The Labute approximate surface area is 107 Å². The van der Waals surface area contributed by atoms with Crippen LogP contribution in [0, 0.1) is 6.92 Å². The molecule has 0 aliphatic rings. The van der Waals surface area contributed by atoms with Crippen LogP contribution in [0.25, 0.3) is 0 Å². The van der Waals surface area contributed by atoms with Gasteiger partial charge in [-0.15, -0.1) is 0 Å². The van der Waals surface area contributed by atoms with Gasteiger partial charge in [0.05, 0.1) is 6.61 Å². The third-order valence-corrected chi connectivity index (χ3v) is 3.04. The Kier molecular flexibility index (Phi) is 5.09. The number of hydrogen-bond acceptors (Lipinski definition) is 5. The smallest absolute Gasteiger partial charge is 0.397 e. The second kappa shape index (κ2) is 6.14. The number of aryl methyl sites for hydroxylation is 1. The Morgan fingerprint density at radius 2 is 2.17 bits per heavy atom. The Bertz CT molecular complexity index is 502. The van der Waals surface area contributed by atoms with Crippen LogP contribution in [0.4, 0.5) is 5.69 Å². The molecule has 1 atom stereocenters. The Hall–Kier alpha value is -1.15. The molecule has 6 nitrogen and oxygen atoms in total. The van der Waals surface area contributed by atoms with Gasteiger partial charge in [-0.2, -0.15) is 8.42 Å². The van der Waals surface area contributed by atoms with Gasteiger partial charge in [0, 0.05) is 18.3 Å². The van der Waals surface area contributed by atoms with Crippen LogP contribution in [0.3, 0.4) is 0 Å². The number of hydrogen-bond donors (Lipinski definition) is 3. The van der Waals surface area contributed by atoms with E-state index in [2.05, 4.69) is 9.50 Å². The molecule has 4 N–H and O–H groups in total. The summed E-state index contributed by atoms with van der Waals surface area (Å²) in [7, 11) is -4.36. The molecular formula is C11H18N2O4S. The molecule has 1 aromatic rings. The zero-order valence-corrected chi connectivity index (χ0v) is 11.2. The van der Waals surface area contributed by atoms with E-state index in [1.165, 1.54) is 0 Å². The minimum absolute atomic E-state index is 0.0364. The van der Waals surface area contributed by atoms with Crippen LogP contribution in [-0.2, 0) is 14.6 Å². The van der Waals surface area contributed by atoms with E-state index < -0.39 is 10.4 Å². The third-order valence-electron chi connectivity index (χ3n) is 2.58. The van der Waals surface area contributed by atoms with Crippen molar-refractivity contribution < 1.29 is 17.2 Å². The molecule has 0 aliphatic heterocycles. The van der Waals surface area contributed by atoms with Gasteiger partial charge in [0.1, 0.15) is 0 Å². The minimum atomic E-state index is -4.36. The van der Waals surface area contributed by atoms with E-state index in [1.54, 1.807) is 0 Å². The van der Waals surface area contributed by atoms with Gasteiger partial charge in [-0.1, -0.05) is 12.1 Å². The SMILES string of the molecule is Cc1cc([C@H](C)NCCOS(=O)(=O)O)ccc1N. The molecule has 1 rings (SSSR count). The monoisotopic (exact) mass is 274 g/mol. The van der Waals surface area contributed by atoms with E-state index in [1.807, 2.05) is 32.0 Å². The topological polar surface area (TPSA) is 102 Å². The Balaban J connectivity index is 2.45. The van der Waals surface area contributed by atoms with Crippen LogP contribution in [-0.4, -0.2) is 26.1 Å². The van der Waals surface area contributed by atoms with Gasteiger partial charge >= 0.3 is 10.4 Å². The zero-order valence-electron chi connectivity index (χ0n) is 10.4. The summed E-state index contributed by atoms with van der Waals surface area (Å²) in [4.78, 5) is 0. The highest BCUT2D eigenvalue weighted by Crippen LogP contribution is 2.18. The predicted molar refractivity (Wildman–Crippen MR) is 69.5 cm³/mol. The fraction of sp³-hybridized carbons (Fsp3) is 0.455. The van der Waals surface area contributed by atoms with Gasteiger partial charge < -0.3 is 11.1 Å². The summed E-state index contributed by atoms with van der Waals surface area (Å²) in [5.41, 5.74) is 8.51. The normalized spacial score (nSPS) is 13.5. The van der Waals surface area contributed by atoms with Gasteiger partial charge in [-0.25, -0.2) is 4.18 Å². The highest BCUT2D eigenvalue weighted by molar-refractivity contribution is 7.80. The predicted octanol–water partition coefficient (Wildman–Crippen LogP) is 1.05. The minimum Gasteiger partial charge on any atom is -0.399 e.